The highest BCUT2D eigenvalue weighted by Gasteiger charge is 2.38. The summed E-state index contributed by atoms with van der Waals surface area (Å²) >= 11 is 7.84. The van der Waals surface area contributed by atoms with Crippen LogP contribution in [0.25, 0.3) is 0 Å². The van der Waals surface area contributed by atoms with Gasteiger partial charge in [-0.3, -0.25) is 24.1 Å². The van der Waals surface area contributed by atoms with Crippen LogP contribution < -0.4 is 5.32 Å². The second-order valence-corrected chi connectivity index (χ2v) is 13.3. The number of nitrogens with zero attached hydrogens (tertiary/aromatic N) is 3. The number of carbonyl (C=O) groups excluding carboxylic acids is 4. The zero-order chi connectivity index (χ0) is 31.9. The van der Waals surface area contributed by atoms with Gasteiger partial charge in [0.1, 0.15) is 16.4 Å². The van der Waals surface area contributed by atoms with Gasteiger partial charge in [0.15, 0.2) is 0 Å². The fraction of sp³-hybridized carbons (Fsp3) is 0.278. The van der Waals surface area contributed by atoms with Crippen molar-refractivity contribution in [3.63, 3.8) is 0 Å². The Labute approximate surface area is 277 Å². The molecule has 2 fully saturated rings. The van der Waals surface area contributed by atoms with Gasteiger partial charge in [0.05, 0.1) is 4.91 Å². The average Bonchev–Trinajstić information content (AvgIpc) is 3.10. The zero-order valence-corrected chi connectivity index (χ0v) is 27.0. The molecule has 0 saturated carbocycles. The van der Waals surface area contributed by atoms with Crippen LogP contribution >= 0.6 is 23.4 Å². The van der Waals surface area contributed by atoms with Gasteiger partial charge in [-0.05, 0) is 36.8 Å². The largest absolute Gasteiger partial charge is 0.365 e. The normalized spacial score (nSPS) is 19.9. The van der Waals surface area contributed by atoms with E-state index in [0.29, 0.717) is 72.1 Å². The summed E-state index contributed by atoms with van der Waals surface area (Å²) in [5.41, 5.74) is 3.32. The highest BCUT2D eigenvalue weighted by molar-refractivity contribution is 8.04. The maximum atomic E-state index is 14.2. The van der Waals surface area contributed by atoms with Crippen LogP contribution in [0.3, 0.4) is 0 Å². The summed E-state index contributed by atoms with van der Waals surface area (Å²) < 4.78 is 0. The second kappa shape index (κ2) is 12.6. The standard InChI is InChI=1S/C36H33ClN4O4S/c1-22(39-17-19-41(20-18-39)30-29(37)32(42)25-9-5-6-10-26(25)33(30)43)23-11-12-27-28(21-23)34(44)31(40-15-13-38-14-16-40)36(35(27)45)46-24-7-3-2-4-8-24/h2-12,21-22,38H,13-20H2,1H3. The highest BCUT2D eigenvalue weighted by atomic mass is 35.5. The number of benzene rings is 3. The maximum Gasteiger partial charge on any atom is 0.211 e. The number of nitrogens with one attached hydrogen (secondary N) is 1. The zero-order valence-electron chi connectivity index (χ0n) is 25.4. The number of halogens is 1. The van der Waals surface area contributed by atoms with Crippen LogP contribution in [0.2, 0.25) is 0 Å². The minimum atomic E-state index is -0.324. The summed E-state index contributed by atoms with van der Waals surface area (Å²) in [5.74, 6) is -0.785. The van der Waals surface area contributed by atoms with E-state index in [1.165, 1.54) is 11.8 Å². The van der Waals surface area contributed by atoms with Gasteiger partial charge in [0.25, 0.3) is 0 Å². The molecule has 2 aliphatic heterocycles. The van der Waals surface area contributed by atoms with E-state index < -0.39 is 0 Å². The van der Waals surface area contributed by atoms with Gasteiger partial charge < -0.3 is 15.1 Å². The number of carbonyl (C=O) groups is 4. The van der Waals surface area contributed by atoms with Crippen LogP contribution in [-0.2, 0) is 0 Å². The molecule has 7 rings (SSSR count). The first-order valence-electron chi connectivity index (χ1n) is 15.6. The van der Waals surface area contributed by atoms with Crippen molar-refractivity contribution in [3.05, 3.63) is 122 Å². The van der Waals surface area contributed by atoms with Gasteiger partial charge in [0, 0.05) is 85.5 Å². The smallest absolute Gasteiger partial charge is 0.211 e. The number of rotatable bonds is 6. The molecule has 0 amide bonds. The fourth-order valence-electron chi connectivity index (χ4n) is 6.70. The summed E-state index contributed by atoms with van der Waals surface area (Å²) in [6.07, 6.45) is 0. The Morgan fingerprint density at radius 2 is 1.24 bits per heavy atom. The molecule has 1 unspecified atom stereocenters. The van der Waals surface area contributed by atoms with Gasteiger partial charge in [-0.2, -0.15) is 0 Å². The Hall–Kier alpha value is -4.02. The number of hydrogen-bond acceptors (Lipinski definition) is 9. The molecule has 8 nitrogen and oxygen atoms in total. The predicted molar refractivity (Wildman–Crippen MR) is 178 cm³/mol. The Bertz CT molecular complexity index is 1820. The van der Waals surface area contributed by atoms with E-state index in [-0.39, 0.29) is 39.9 Å². The molecule has 2 heterocycles. The van der Waals surface area contributed by atoms with Crippen molar-refractivity contribution in [1.29, 1.82) is 0 Å². The van der Waals surface area contributed by atoms with E-state index >= 15 is 0 Å². The van der Waals surface area contributed by atoms with E-state index in [1.54, 1.807) is 30.3 Å². The van der Waals surface area contributed by atoms with Gasteiger partial charge in [-0.25, -0.2) is 0 Å². The van der Waals surface area contributed by atoms with Gasteiger partial charge in [-0.15, -0.1) is 0 Å². The molecule has 3 aromatic rings. The highest BCUT2D eigenvalue weighted by Crippen LogP contribution is 2.40. The summed E-state index contributed by atoms with van der Waals surface area (Å²) in [5, 5.41) is 3.31. The first-order chi connectivity index (χ1) is 22.3. The lowest BCUT2D eigenvalue weighted by Crippen LogP contribution is -2.48. The van der Waals surface area contributed by atoms with Crippen LogP contribution in [0.15, 0.2) is 99.0 Å². The Kier molecular flexibility index (Phi) is 8.42. The van der Waals surface area contributed by atoms with E-state index in [2.05, 4.69) is 22.0 Å². The monoisotopic (exact) mass is 652 g/mol. The summed E-state index contributed by atoms with van der Waals surface area (Å²) in [6.45, 7) is 7.21. The molecule has 1 atom stereocenters. The first kappa shape index (κ1) is 30.6. The minimum Gasteiger partial charge on any atom is -0.365 e. The van der Waals surface area contributed by atoms with E-state index in [9.17, 15) is 19.2 Å². The number of fused-ring (bicyclic) bond motifs is 2. The topological polar surface area (TPSA) is 90.0 Å². The summed E-state index contributed by atoms with van der Waals surface area (Å²) in [6, 6.07) is 22.1. The molecule has 1 N–H and O–H groups in total. The molecule has 0 bridgehead atoms. The fourth-order valence-corrected chi connectivity index (χ4v) is 8.06. The van der Waals surface area contributed by atoms with Crippen molar-refractivity contribution in [1.82, 2.24) is 20.0 Å². The van der Waals surface area contributed by atoms with Gasteiger partial charge in [0.2, 0.25) is 23.1 Å². The third kappa shape index (κ3) is 5.41. The first-order valence-corrected chi connectivity index (χ1v) is 16.8. The molecule has 2 aliphatic carbocycles. The maximum absolute atomic E-state index is 14.2. The Morgan fingerprint density at radius 3 is 1.93 bits per heavy atom. The SMILES string of the molecule is CC(c1ccc2c(c1)C(=O)C(N1CCNCC1)=C(Sc1ccccc1)C2=O)N1CCN(C2=C(Cl)C(=O)c3ccccc3C2=O)CC1. The number of ketones is 4. The average molecular weight is 653 g/mol. The lowest BCUT2D eigenvalue weighted by Gasteiger charge is -2.40. The summed E-state index contributed by atoms with van der Waals surface area (Å²) in [7, 11) is 0. The van der Waals surface area contributed by atoms with E-state index in [0.717, 1.165) is 23.5 Å². The van der Waals surface area contributed by atoms with Crippen LogP contribution in [0.1, 0.15) is 60.0 Å². The van der Waals surface area contributed by atoms with E-state index in [1.807, 2.05) is 47.4 Å². The van der Waals surface area contributed by atoms with Crippen molar-refractivity contribution in [3.8, 4) is 0 Å². The lowest BCUT2D eigenvalue weighted by molar-refractivity contribution is 0.0876. The van der Waals surface area contributed by atoms with Crippen LogP contribution in [0, 0.1) is 0 Å². The molecule has 0 aromatic heterocycles. The van der Waals surface area contributed by atoms with Crippen molar-refractivity contribution >= 4 is 46.5 Å². The van der Waals surface area contributed by atoms with Crippen LogP contribution in [0.5, 0.6) is 0 Å². The number of hydrogen-bond donors (Lipinski definition) is 1. The molecule has 46 heavy (non-hydrogen) atoms. The third-order valence-corrected chi connectivity index (χ3v) is 10.7. The second-order valence-electron chi connectivity index (χ2n) is 11.9. The van der Waals surface area contributed by atoms with Crippen molar-refractivity contribution in [2.45, 2.75) is 17.9 Å². The van der Waals surface area contributed by atoms with Crippen molar-refractivity contribution in [2.24, 2.45) is 0 Å². The molecule has 234 valence electrons. The Morgan fingerprint density at radius 1 is 0.652 bits per heavy atom. The molecular formula is C36H33ClN4O4S. The number of Topliss-reactive ketones (excluding diaryl/α,β-unsaturated/α-hetero) is 4. The van der Waals surface area contributed by atoms with Crippen LogP contribution in [-0.4, -0.2) is 90.2 Å². The predicted octanol–water partition coefficient (Wildman–Crippen LogP) is 5.18. The molecule has 2 saturated heterocycles. The van der Waals surface area contributed by atoms with Crippen molar-refractivity contribution in [2.75, 3.05) is 52.4 Å². The minimum absolute atomic E-state index is 0.0267. The quantitative estimate of drug-likeness (QED) is 0.387. The molecule has 3 aromatic carbocycles. The van der Waals surface area contributed by atoms with E-state index in [4.69, 9.17) is 11.6 Å². The van der Waals surface area contributed by atoms with Crippen LogP contribution in [0.4, 0.5) is 0 Å². The number of allylic oxidation sites excluding steroid dienone is 4. The summed E-state index contributed by atoms with van der Waals surface area (Å²) in [4.78, 5) is 62.1. The number of thioether (sulfide) groups is 1. The van der Waals surface area contributed by atoms with Crippen molar-refractivity contribution < 1.29 is 19.2 Å². The number of piperazine rings is 2. The molecular weight excluding hydrogens is 620 g/mol. The van der Waals surface area contributed by atoms with Gasteiger partial charge >= 0.3 is 0 Å². The molecule has 0 radical (unpaired) electrons. The Balaban J connectivity index is 1.12. The lowest BCUT2D eigenvalue weighted by atomic mass is 9.88. The molecule has 10 heteroatoms. The molecule has 0 spiro atoms. The third-order valence-electron chi connectivity index (χ3n) is 9.26. The molecule has 4 aliphatic rings. The van der Waals surface area contributed by atoms with Gasteiger partial charge in [-0.1, -0.05) is 71.9 Å².